The molecular formula is C15H23P. The average molecular weight is 234 g/mol. The van der Waals surface area contributed by atoms with Gasteiger partial charge in [-0.15, -0.1) is 7.92 Å². The number of hydrogen-bond acceptors (Lipinski definition) is 0. The first-order chi connectivity index (χ1) is 7.86. The third-order valence-corrected chi connectivity index (χ3v) is 6.49. The largest absolute Gasteiger partial charge is 0.106 e. The monoisotopic (exact) mass is 234 g/mol. The maximum atomic E-state index is 2.52. The van der Waals surface area contributed by atoms with Crippen LogP contribution in [0.5, 0.6) is 0 Å². The molecule has 1 atom stereocenters. The fourth-order valence-corrected chi connectivity index (χ4v) is 4.88. The highest BCUT2D eigenvalue weighted by Gasteiger charge is 2.18. The quantitative estimate of drug-likeness (QED) is 0.664. The zero-order valence-corrected chi connectivity index (χ0v) is 11.3. The molecule has 0 aromatic heterocycles. The van der Waals surface area contributed by atoms with Gasteiger partial charge in [-0.05, 0) is 43.3 Å². The van der Waals surface area contributed by atoms with Crippen LogP contribution in [0.25, 0.3) is 0 Å². The first kappa shape index (κ1) is 12.1. The molecule has 0 nitrogen and oxygen atoms in total. The van der Waals surface area contributed by atoms with Crippen LogP contribution in [-0.4, -0.2) is 18.5 Å². The minimum atomic E-state index is 0.278. The Hall–Kier alpha value is -0.350. The second-order valence-corrected chi connectivity index (χ2v) is 7.70. The van der Waals surface area contributed by atoms with Crippen molar-refractivity contribution in [2.24, 2.45) is 0 Å². The molecule has 2 rings (SSSR count). The second-order valence-electron chi connectivity index (χ2n) is 5.01. The molecule has 0 saturated heterocycles. The van der Waals surface area contributed by atoms with Crippen molar-refractivity contribution in [1.82, 2.24) is 0 Å². The van der Waals surface area contributed by atoms with Gasteiger partial charge < -0.3 is 0 Å². The summed E-state index contributed by atoms with van der Waals surface area (Å²) in [6.45, 7) is 2.52. The SMILES string of the molecule is C[P@](CCc1ccccc1)C1CCCCC1. The van der Waals surface area contributed by atoms with Crippen molar-refractivity contribution in [3.63, 3.8) is 0 Å². The van der Waals surface area contributed by atoms with Crippen LogP contribution in [0.3, 0.4) is 0 Å². The Bertz CT molecular complexity index is 288. The van der Waals surface area contributed by atoms with E-state index in [2.05, 4.69) is 37.0 Å². The van der Waals surface area contributed by atoms with Crippen LogP contribution >= 0.6 is 7.92 Å². The van der Waals surface area contributed by atoms with E-state index < -0.39 is 0 Å². The second kappa shape index (κ2) is 6.40. The summed E-state index contributed by atoms with van der Waals surface area (Å²) < 4.78 is 0. The molecule has 16 heavy (non-hydrogen) atoms. The highest BCUT2D eigenvalue weighted by Crippen LogP contribution is 2.44. The lowest BCUT2D eigenvalue weighted by molar-refractivity contribution is 0.511. The van der Waals surface area contributed by atoms with Crippen LogP contribution in [-0.2, 0) is 6.42 Å². The molecule has 0 heterocycles. The van der Waals surface area contributed by atoms with Crippen molar-refractivity contribution in [3.8, 4) is 0 Å². The smallest absolute Gasteiger partial charge is 0.0212 e. The molecule has 1 saturated carbocycles. The Labute approximate surface area is 101 Å². The molecule has 0 N–H and O–H groups in total. The molecule has 88 valence electrons. The van der Waals surface area contributed by atoms with E-state index >= 15 is 0 Å². The number of aryl methyl sites for hydroxylation is 1. The summed E-state index contributed by atoms with van der Waals surface area (Å²) in [5, 5.41) is 0. The molecule has 1 aliphatic rings. The van der Waals surface area contributed by atoms with Gasteiger partial charge in [0.1, 0.15) is 0 Å². The third kappa shape index (κ3) is 3.59. The van der Waals surface area contributed by atoms with Gasteiger partial charge in [-0.2, -0.15) is 0 Å². The van der Waals surface area contributed by atoms with Gasteiger partial charge >= 0.3 is 0 Å². The highest BCUT2D eigenvalue weighted by atomic mass is 31.1. The summed E-state index contributed by atoms with van der Waals surface area (Å²) in [5.41, 5.74) is 2.60. The maximum Gasteiger partial charge on any atom is -0.0212 e. The Morgan fingerprint density at radius 2 is 1.75 bits per heavy atom. The summed E-state index contributed by atoms with van der Waals surface area (Å²) in [6, 6.07) is 11.0. The molecule has 0 aliphatic heterocycles. The summed E-state index contributed by atoms with van der Waals surface area (Å²) in [7, 11) is 0.278. The van der Waals surface area contributed by atoms with Gasteiger partial charge in [-0.1, -0.05) is 49.6 Å². The van der Waals surface area contributed by atoms with E-state index in [1.54, 1.807) is 0 Å². The predicted octanol–water partition coefficient (Wildman–Crippen LogP) is 4.67. The molecule has 1 fully saturated rings. The first-order valence-corrected chi connectivity index (χ1v) is 8.65. The molecule has 0 amide bonds. The molecule has 1 heteroatoms. The van der Waals surface area contributed by atoms with Gasteiger partial charge in [-0.25, -0.2) is 0 Å². The molecule has 0 radical (unpaired) electrons. The lowest BCUT2D eigenvalue weighted by Crippen LogP contribution is -2.12. The van der Waals surface area contributed by atoms with E-state index in [4.69, 9.17) is 0 Å². The van der Waals surface area contributed by atoms with E-state index in [9.17, 15) is 0 Å². The third-order valence-electron chi connectivity index (χ3n) is 3.79. The number of benzene rings is 1. The summed E-state index contributed by atoms with van der Waals surface area (Å²) in [5.74, 6) is 0. The fourth-order valence-electron chi connectivity index (χ4n) is 2.65. The molecule has 1 aromatic rings. The topological polar surface area (TPSA) is 0 Å². The van der Waals surface area contributed by atoms with Crippen molar-refractivity contribution in [3.05, 3.63) is 35.9 Å². The minimum Gasteiger partial charge on any atom is -0.106 e. The zero-order chi connectivity index (χ0) is 11.2. The van der Waals surface area contributed by atoms with E-state index in [0.29, 0.717) is 0 Å². The highest BCUT2D eigenvalue weighted by molar-refractivity contribution is 7.57. The predicted molar refractivity (Wildman–Crippen MR) is 74.7 cm³/mol. The van der Waals surface area contributed by atoms with Gasteiger partial charge in [0.05, 0.1) is 0 Å². The van der Waals surface area contributed by atoms with Crippen LogP contribution in [0.1, 0.15) is 37.7 Å². The van der Waals surface area contributed by atoms with E-state index in [-0.39, 0.29) is 7.92 Å². The van der Waals surface area contributed by atoms with Crippen LogP contribution in [0.2, 0.25) is 0 Å². The molecular weight excluding hydrogens is 211 g/mol. The minimum absolute atomic E-state index is 0.278. The molecule has 1 aromatic carbocycles. The zero-order valence-electron chi connectivity index (χ0n) is 10.4. The van der Waals surface area contributed by atoms with Crippen molar-refractivity contribution < 1.29 is 0 Å². The molecule has 0 spiro atoms. The normalized spacial score (nSPS) is 19.6. The fraction of sp³-hybridized carbons (Fsp3) is 0.600. The lowest BCUT2D eigenvalue weighted by Gasteiger charge is -2.28. The maximum absolute atomic E-state index is 2.52. The van der Waals surface area contributed by atoms with E-state index in [1.165, 1.54) is 50.3 Å². The summed E-state index contributed by atoms with van der Waals surface area (Å²) >= 11 is 0. The Morgan fingerprint density at radius 1 is 1.06 bits per heavy atom. The van der Waals surface area contributed by atoms with Gasteiger partial charge in [0.2, 0.25) is 0 Å². The lowest BCUT2D eigenvalue weighted by atomic mass is 10.0. The van der Waals surface area contributed by atoms with Gasteiger partial charge in [0.25, 0.3) is 0 Å². The van der Waals surface area contributed by atoms with Crippen LogP contribution < -0.4 is 0 Å². The Morgan fingerprint density at radius 3 is 2.44 bits per heavy atom. The van der Waals surface area contributed by atoms with Gasteiger partial charge in [0, 0.05) is 0 Å². The first-order valence-electron chi connectivity index (χ1n) is 6.60. The standard InChI is InChI=1S/C15H23P/c1-16(15-10-6-3-7-11-15)13-12-14-8-4-2-5-9-14/h2,4-5,8-9,15H,3,6-7,10-13H2,1H3/t16-/m1/s1. The van der Waals surface area contributed by atoms with Crippen LogP contribution in [0.4, 0.5) is 0 Å². The van der Waals surface area contributed by atoms with Crippen molar-refractivity contribution in [2.75, 3.05) is 12.8 Å². The van der Waals surface area contributed by atoms with Crippen LogP contribution in [0, 0.1) is 0 Å². The Balaban J connectivity index is 1.76. The Kier molecular flexibility index (Phi) is 4.85. The summed E-state index contributed by atoms with van der Waals surface area (Å²) in [4.78, 5) is 0. The van der Waals surface area contributed by atoms with Crippen molar-refractivity contribution in [1.29, 1.82) is 0 Å². The van der Waals surface area contributed by atoms with E-state index in [1.807, 2.05) is 0 Å². The average Bonchev–Trinajstić information content (AvgIpc) is 2.38. The van der Waals surface area contributed by atoms with Crippen molar-refractivity contribution in [2.45, 2.75) is 44.2 Å². The van der Waals surface area contributed by atoms with E-state index in [0.717, 1.165) is 5.66 Å². The number of hydrogen-bond donors (Lipinski definition) is 0. The summed E-state index contributed by atoms with van der Waals surface area (Å²) in [6.07, 6.45) is 10.2. The molecule has 1 aliphatic carbocycles. The van der Waals surface area contributed by atoms with Crippen molar-refractivity contribution >= 4 is 7.92 Å². The van der Waals surface area contributed by atoms with Gasteiger partial charge in [-0.3, -0.25) is 0 Å². The van der Waals surface area contributed by atoms with Gasteiger partial charge in [0.15, 0.2) is 0 Å². The molecule has 0 bridgehead atoms. The number of rotatable bonds is 4. The van der Waals surface area contributed by atoms with Crippen LogP contribution in [0.15, 0.2) is 30.3 Å². The molecule has 0 unspecified atom stereocenters.